The highest BCUT2D eigenvalue weighted by atomic mass is 14.9. The summed E-state index contributed by atoms with van der Waals surface area (Å²) in [6.45, 7) is 0. The van der Waals surface area contributed by atoms with Gasteiger partial charge in [0, 0.05) is 16.7 Å². The number of rotatable bonds is 7. The van der Waals surface area contributed by atoms with E-state index < -0.39 is 5.41 Å². The number of fused-ring (bicyclic) bond motifs is 4. The first kappa shape index (κ1) is 34.6. The molecule has 0 fully saturated rings. The van der Waals surface area contributed by atoms with Gasteiger partial charge in [-0.05, 0) is 84.6 Å². The minimum Gasteiger partial charge on any atom is -0.228 e. The molecule has 0 amide bonds. The van der Waals surface area contributed by atoms with Crippen molar-refractivity contribution in [3.8, 4) is 67.3 Å². The van der Waals surface area contributed by atoms with Gasteiger partial charge in [-0.15, -0.1) is 0 Å². The molecule has 1 aromatic heterocycles. The monoisotopic (exact) mass is 750 g/mol. The van der Waals surface area contributed by atoms with Gasteiger partial charge < -0.3 is 0 Å². The van der Waals surface area contributed by atoms with E-state index in [4.69, 9.17) is 9.97 Å². The number of aromatic nitrogens is 2. The second-order valence-corrected chi connectivity index (χ2v) is 15.3. The van der Waals surface area contributed by atoms with Gasteiger partial charge in [0.2, 0.25) is 0 Å². The summed E-state index contributed by atoms with van der Waals surface area (Å²) in [4.78, 5) is 10.7. The van der Waals surface area contributed by atoms with Crippen molar-refractivity contribution in [2.45, 2.75) is 5.41 Å². The fourth-order valence-electron chi connectivity index (χ4n) is 9.30. The number of benzene rings is 9. The normalized spacial score (nSPS) is 12.5. The lowest BCUT2D eigenvalue weighted by molar-refractivity contribution is 0.769. The zero-order chi connectivity index (χ0) is 39.2. The maximum absolute atomic E-state index is 5.45. The Morgan fingerprint density at radius 3 is 1.53 bits per heavy atom. The van der Waals surface area contributed by atoms with E-state index in [0.717, 1.165) is 33.6 Å². The molecular formula is C57H38N2. The Bertz CT molecular complexity index is 3070. The summed E-state index contributed by atoms with van der Waals surface area (Å²) in [5.74, 6) is 0.693. The van der Waals surface area contributed by atoms with Crippen LogP contribution in [0.2, 0.25) is 0 Å². The molecule has 0 saturated heterocycles. The summed E-state index contributed by atoms with van der Waals surface area (Å²) >= 11 is 0. The smallest absolute Gasteiger partial charge is 0.160 e. The molecule has 1 aliphatic rings. The Balaban J connectivity index is 1.22. The lowest BCUT2D eigenvalue weighted by atomic mass is 9.67. The molecule has 0 aliphatic heterocycles. The van der Waals surface area contributed by atoms with Crippen molar-refractivity contribution in [1.82, 2.24) is 9.97 Å². The standard InChI is InChI=1S/C57H38N2/c1-5-18-39(19-6-1)40-32-34-42(35-33-40)54-38-55(59-56(58-54)43-21-7-2-8-22-43)51-36-50-48-29-15-16-31-52(48)57(44-24-9-3-10-25-44,45-26-11-4-12-27-45)53(50)37-49(51)47-30-17-23-41-20-13-14-28-46(41)47/h1-38H. The highest BCUT2D eigenvalue weighted by Crippen LogP contribution is 2.58. The van der Waals surface area contributed by atoms with Gasteiger partial charge in [-0.3, -0.25) is 0 Å². The van der Waals surface area contributed by atoms with E-state index in [1.54, 1.807) is 0 Å². The van der Waals surface area contributed by atoms with E-state index in [1.807, 2.05) is 6.07 Å². The lowest BCUT2D eigenvalue weighted by Gasteiger charge is -2.34. The van der Waals surface area contributed by atoms with Gasteiger partial charge in [-0.2, -0.15) is 0 Å². The van der Waals surface area contributed by atoms with Crippen LogP contribution in [0.25, 0.3) is 78.1 Å². The van der Waals surface area contributed by atoms with Crippen molar-refractivity contribution in [1.29, 1.82) is 0 Å². The molecule has 0 atom stereocenters. The minimum absolute atomic E-state index is 0.543. The third-order valence-corrected chi connectivity index (χ3v) is 12.0. The molecule has 10 aromatic rings. The molecule has 0 unspecified atom stereocenters. The quantitative estimate of drug-likeness (QED) is 0.162. The van der Waals surface area contributed by atoms with Gasteiger partial charge >= 0.3 is 0 Å². The van der Waals surface area contributed by atoms with Crippen LogP contribution in [0.5, 0.6) is 0 Å². The third kappa shape index (κ3) is 5.80. The summed E-state index contributed by atoms with van der Waals surface area (Å²) < 4.78 is 0. The van der Waals surface area contributed by atoms with Crippen LogP contribution >= 0.6 is 0 Å². The highest BCUT2D eigenvalue weighted by molar-refractivity contribution is 6.03. The molecule has 276 valence electrons. The first-order chi connectivity index (χ1) is 29.3. The van der Waals surface area contributed by atoms with Gasteiger partial charge in [0.25, 0.3) is 0 Å². The predicted octanol–water partition coefficient (Wildman–Crippen LogP) is 14.3. The van der Waals surface area contributed by atoms with Crippen molar-refractivity contribution in [3.05, 3.63) is 253 Å². The number of hydrogen-bond donors (Lipinski definition) is 0. The summed E-state index contributed by atoms with van der Waals surface area (Å²) in [5.41, 5.74) is 16.4. The molecule has 0 saturated carbocycles. The Kier molecular flexibility index (Phi) is 8.41. The van der Waals surface area contributed by atoms with E-state index in [9.17, 15) is 0 Å². The van der Waals surface area contributed by atoms with Crippen LogP contribution < -0.4 is 0 Å². The molecule has 59 heavy (non-hydrogen) atoms. The second-order valence-electron chi connectivity index (χ2n) is 15.3. The molecule has 1 aliphatic carbocycles. The van der Waals surface area contributed by atoms with Crippen molar-refractivity contribution >= 4 is 10.8 Å². The third-order valence-electron chi connectivity index (χ3n) is 12.0. The Morgan fingerprint density at radius 2 is 0.814 bits per heavy atom. The van der Waals surface area contributed by atoms with Crippen LogP contribution in [-0.4, -0.2) is 9.97 Å². The van der Waals surface area contributed by atoms with Gasteiger partial charge in [-0.1, -0.05) is 212 Å². The average Bonchev–Trinajstić information content (AvgIpc) is 3.62. The summed E-state index contributed by atoms with van der Waals surface area (Å²) in [5, 5.41) is 2.40. The van der Waals surface area contributed by atoms with Crippen LogP contribution in [0.1, 0.15) is 22.3 Å². The van der Waals surface area contributed by atoms with Gasteiger partial charge in [0.05, 0.1) is 16.8 Å². The summed E-state index contributed by atoms with van der Waals surface area (Å²) in [6.07, 6.45) is 0. The summed E-state index contributed by atoms with van der Waals surface area (Å²) in [7, 11) is 0. The Hall–Kier alpha value is -7.68. The maximum Gasteiger partial charge on any atom is 0.160 e. The molecule has 0 bridgehead atoms. The van der Waals surface area contributed by atoms with Gasteiger partial charge in [-0.25, -0.2) is 9.97 Å². The number of hydrogen-bond acceptors (Lipinski definition) is 2. The molecule has 0 spiro atoms. The fraction of sp³-hybridized carbons (Fsp3) is 0.0175. The Morgan fingerprint density at radius 1 is 0.288 bits per heavy atom. The fourth-order valence-corrected chi connectivity index (χ4v) is 9.30. The van der Waals surface area contributed by atoms with E-state index in [2.05, 4.69) is 224 Å². The van der Waals surface area contributed by atoms with Crippen LogP contribution in [-0.2, 0) is 5.41 Å². The number of nitrogens with zero attached hydrogens (tertiary/aromatic N) is 2. The first-order valence-corrected chi connectivity index (χ1v) is 20.2. The van der Waals surface area contributed by atoms with E-state index in [1.165, 1.54) is 60.8 Å². The van der Waals surface area contributed by atoms with Crippen LogP contribution in [0.4, 0.5) is 0 Å². The second kappa shape index (κ2) is 14.4. The van der Waals surface area contributed by atoms with Crippen molar-refractivity contribution in [3.63, 3.8) is 0 Å². The first-order valence-electron chi connectivity index (χ1n) is 20.2. The predicted molar refractivity (Wildman–Crippen MR) is 244 cm³/mol. The largest absolute Gasteiger partial charge is 0.228 e. The topological polar surface area (TPSA) is 25.8 Å². The highest BCUT2D eigenvalue weighted by Gasteiger charge is 2.46. The van der Waals surface area contributed by atoms with Crippen molar-refractivity contribution in [2.75, 3.05) is 0 Å². The van der Waals surface area contributed by atoms with Crippen LogP contribution in [0.15, 0.2) is 231 Å². The maximum atomic E-state index is 5.45. The van der Waals surface area contributed by atoms with Crippen molar-refractivity contribution in [2.24, 2.45) is 0 Å². The zero-order valence-corrected chi connectivity index (χ0v) is 32.3. The van der Waals surface area contributed by atoms with Crippen LogP contribution in [0, 0.1) is 0 Å². The summed E-state index contributed by atoms with van der Waals surface area (Å²) in [6, 6.07) is 83.1. The molecule has 2 nitrogen and oxygen atoms in total. The lowest BCUT2D eigenvalue weighted by Crippen LogP contribution is -2.28. The molecule has 9 aromatic carbocycles. The van der Waals surface area contributed by atoms with Crippen molar-refractivity contribution < 1.29 is 0 Å². The molecule has 0 radical (unpaired) electrons. The van der Waals surface area contributed by atoms with E-state index >= 15 is 0 Å². The van der Waals surface area contributed by atoms with Gasteiger partial charge in [0.1, 0.15) is 0 Å². The molecule has 2 heteroatoms. The molecule has 0 N–H and O–H groups in total. The van der Waals surface area contributed by atoms with E-state index in [0.29, 0.717) is 5.82 Å². The minimum atomic E-state index is -0.543. The Labute approximate surface area is 344 Å². The SMILES string of the molecule is c1ccc(-c2ccc(-c3cc(-c4cc5c(cc4-c4cccc6ccccc46)C(c4ccccc4)(c4ccccc4)c4ccccc4-5)nc(-c4ccccc4)n3)cc2)cc1. The van der Waals surface area contributed by atoms with E-state index in [-0.39, 0.29) is 0 Å². The van der Waals surface area contributed by atoms with Crippen LogP contribution in [0.3, 0.4) is 0 Å². The average molecular weight is 751 g/mol. The molecule has 11 rings (SSSR count). The molecular weight excluding hydrogens is 713 g/mol. The zero-order valence-electron chi connectivity index (χ0n) is 32.3. The molecule has 1 heterocycles. The van der Waals surface area contributed by atoms with Gasteiger partial charge in [0.15, 0.2) is 5.82 Å².